The third-order valence-corrected chi connectivity index (χ3v) is 4.94. The molecule has 3 rings (SSSR count). The van der Waals surface area contributed by atoms with Gasteiger partial charge in [-0.05, 0) is 63.0 Å². The molecule has 1 aliphatic heterocycles. The van der Waals surface area contributed by atoms with Crippen molar-refractivity contribution in [3.05, 3.63) is 65.7 Å². The Morgan fingerprint density at radius 1 is 1.07 bits per heavy atom. The fourth-order valence-corrected chi connectivity index (χ4v) is 3.53. The lowest BCUT2D eigenvalue weighted by Crippen LogP contribution is -2.40. The topological polar surface area (TPSA) is 41.6 Å². The molecule has 0 atom stereocenters. The Labute approximate surface area is 162 Å². The molecule has 0 saturated carbocycles. The van der Waals surface area contributed by atoms with E-state index >= 15 is 0 Å². The number of carbonyl (C=O) groups is 1. The molecule has 1 N–H and O–H groups in total. The van der Waals surface area contributed by atoms with Gasteiger partial charge < -0.3 is 10.1 Å². The van der Waals surface area contributed by atoms with E-state index in [0.29, 0.717) is 6.54 Å². The van der Waals surface area contributed by atoms with E-state index in [-0.39, 0.29) is 17.9 Å². The number of hydrogen-bond donors (Lipinski definition) is 1. The number of nitrogens with zero attached hydrogens (tertiary/aromatic N) is 1. The van der Waals surface area contributed by atoms with Crippen molar-refractivity contribution in [2.24, 2.45) is 5.92 Å². The Morgan fingerprint density at radius 2 is 1.78 bits per heavy atom. The van der Waals surface area contributed by atoms with Crippen molar-refractivity contribution < 1.29 is 9.53 Å². The van der Waals surface area contributed by atoms with Gasteiger partial charge in [-0.2, -0.15) is 0 Å². The zero-order chi connectivity index (χ0) is 19.1. The van der Waals surface area contributed by atoms with Gasteiger partial charge in [-0.3, -0.25) is 9.69 Å². The minimum Gasteiger partial charge on any atom is -0.491 e. The van der Waals surface area contributed by atoms with Crippen LogP contribution in [0.2, 0.25) is 0 Å². The monoisotopic (exact) mass is 366 g/mol. The van der Waals surface area contributed by atoms with Crippen LogP contribution in [0.1, 0.15) is 37.8 Å². The third-order valence-electron chi connectivity index (χ3n) is 4.94. The maximum atomic E-state index is 12.5. The van der Waals surface area contributed by atoms with Gasteiger partial charge in [-0.15, -0.1) is 0 Å². The zero-order valence-electron chi connectivity index (χ0n) is 16.4. The van der Waals surface area contributed by atoms with Crippen molar-refractivity contribution in [2.75, 3.05) is 13.1 Å². The summed E-state index contributed by atoms with van der Waals surface area (Å²) in [6.45, 7) is 7.50. The number of rotatable bonds is 7. The predicted octanol–water partition coefficient (Wildman–Crippen LogP) is 4.00. The van der Waals surface area contributed by atoms with Crippen LogP contribution in [0.5, 0.6) is 5.75 Å². The molecule has 2 aromatic carbocycles. The first kappa shape index (κ1) is 19.4. The van der Waals surface area contributed by atoms with Gasteiger partial charge in [0.05, 0.1) is 6.10 Å². The molecule has 144 valence electrons. The Balaban J connectivity index is 1.43. The highest BCUT2D eigenvalue weighted by Gasteiger charge is 2.24. The number of carbonyl (C=O) groups excluding carboxylic acids is 1. The van der Waals surface area contributed by atoms with Crippen LogP contribution in [-0.2, 0) is 17.9 Å². The van der Waals surface area contributed by atoms with Gasteiger partial charge in [0.2, 0.25) is 5.91 Å². The maximum Gasteiger partial charge on any atom is 0.223 e. The molecule has 0 aliphatic carbocycles. The first-order valence-corrected chi connectivity index (χ1v) is 9.90. The quantitative estimate of drug-likeness (QED) is 0.805. The van der Waals surface area contributed by atoms with Gasteiger partial charge in [-0.25, -0.2) is 0 Å². The maximum absolute atomic E-state index is 12.5. The molecule has 1 amide bonds. The van der Waals surface area contributed by atoms with Crippen molar-refractivity contribution in [1.82, 2.24) is 10.2 Å². The molecule has 0 unspecified atom stereocenters. The van der Waals surface area contributed by atoms with Crippen LogP contribution in [-0.4, -0.2) is 30.0 Å². The number of amides is 1. The Morgan fingerprint density at radius 3 is 2.48 bits per heavy atom. The van der Waals surface area contributed by atoms with E-state index in [1.165, 1.54) is 5.56 Å². The second-order valence-corrected chi connectivity index (χ2v) is 7.57. The minimum absolute atomic E-state index is 0.118. The largest absolute Gasteiger partial charge is 0.491 e. The molecular weight excluding hydrogens is 336 g/mol. The molecule has 1 saturated heterocycles. The first-order chi connectivity index (χ1) is 13.1. The summed E-state index contributed by atoms with van der Waals surface area (Å²) in [6.07, 6.45) is 2.00. The van der Waals surface area contributed by atoms with Gasteiger partial charge >= 0.3 is 0 Å². The Kier molecular flexibility index (Phi) is 6.88. The third kappa shape index (κ3) is 6.10. The van der Waals surface area contributed by atoms with E-state index in [9.17, 15) is 4.79 Å². The highest BCUT2D eigenvalue weighted by Crippen LogP contribution is 2.20. The second kappa shape index (κ2) is 9.56. The van der Waals surface area contributed by atoms with Crippen molar-refractivity contribution in [3.63, 3.8) is 0 Å². The van der Waals surface area contributed by atoms with Crippen LogP contribution < -0.4 is 10.1 Å². The normalized spacial score (nSPS) is 15.7. The summed E-state index contributed by atoms with van der Waals surface area (Å²) in [4.78, 5) is 15.0. The van der Waals surface area contributed by atoms with E-state index in [2.05, 4.69) is 34.5 Å². The standard InChI is InChI=1S/C23H30N2O2/c1-18(2)27-22-10-6-9-20(15-22)16-24-23(26)21-11-13-25(14-12-21)17-19-7-4-3-5-8-19/h3-10,15,18,21H,11-14,16-17H2,1-2H3,(H,24,26). The molecule has 1 heterocycles. The summed E-state index contributed by atoms with van der Waals surface area (Å²) < 4.78 is 5.72. The number of benzene rings is 2. The van der Waals surface area contributed by atoms with Gasteiger partial charge in [0, 0.05) is 19.0 Å². The summed E-state index contributed by atoms with van der Waals surface area (Å²) in [6, 6.07) is 18.5. The number of nitrogens with one attached hydrogen (secondary N) is 1. The second-order valence-electron chi connectivity index (χ2n) is 7.57. The molecule has 0 spiro atoms. The molecule has 4 nitrogen and oxygen atoms in total. The molecule has 4 heteroatoms. The SMILES string of the molecule is CC(C)Oc1cccc(CNC(=O)C2CCN(Cc3ccccc3)CC2)c1. The highest BCUT2D eigenvalue weighted by atomic mass is 16.5. The summed E-state index contributed by atoms with van der Waals surface area (Å²) in [5.41, 5.74) is 2.41. The average molecular weight is 367 g/mol. The number of hydrogen-bond acceptors (Lipinski definition) is 3. The van der Waals surface area contributed by atoms with Crippen molar-refractivity contribution in [2.45, 2.75) is 45.9 Å². The van der Waals surface area contributed by atoms with Crippen LogP contribution in [0.3, 0.4) is 0 Å². The average Bonchev–Trinajstić information content (AvgIpc) is 2.67. The molecule has 27 heavy (non-hydrogen) atoms. The summed E-state index contributed by atoms with van der Waals surface area (Å²) in [5.74, 6) is 1.14. The molecular formula is C23H30N2O2. The molecule has 0 aromatic heterocycles. The summed E-state index contributed by atoms with van der Waals surface area (Å²) in [7, 11) is 0. The van der Waals surface area contributed by atoms with Gasteiger partial charge in [-0.1, -0.05) is 42.5 Å². The van der Waals surface area contributed by atoms with Crippen LogP contribution >= 0.6 is 0 Å². The van der Waals surface area contributed by atoms with Crippen LogP contribution in [0.25, 0.3) is 0 Å². The van der Waals surface area contributed by atoms with E-state index in [4.69, 9.17) is 4.74 Å². The molecule has 1 aliphatic rings. The lowest BCUT2D eigenvalue weighted by atomic mass is 9.95. The highest BCUT2D eigenvalue weighted by molar-refractivity contribution is 5.78. The van der Waals surface area contributed by atoms with E-state index in [1.54, 1.807) is 0 Å². The van der Waals surface area contributed by atoms with Crippen molar-refractivity contribution in [3.8, 4) is 5.75 Å². The lowest BCUT2D eigenvalue weighted by Gasteiger charge is -2.31. The minimum atomic E-state index is 0.118. The summed E-state index contributed by atoms with van der Waals surface area (Å²) >= 11 is 0. The van der Waals surface area contributed by atoms with Crippen molar-refractivity contribution >= 4 is 5.91 Å². The molecule has 1 fully saturated rings. The Bertz CT molecular complexity index is 722. The lowest BCUT2D eigenvalue weighted by molar-refractivity contribution is -0.126. The van der Waals surface area contributed by atoms with Crippen LogP contribution in [0.4, 0.5) is 0 Å². The van der Waals surface area contributed by atoms with Crippen LogP contribution in [0, 0.1) is 5.92 Å². The Hall–Kier alpha value is -2.33. The molecule has 2 aromatic rings. The van der Waals surface area contributed by atoms with E-state index in [1.807, 2.05) is 44.2 Å². The first-order valence-electron chi connectivity index (χ1n) is 9.90. The van der Waals surface area contributed by atoms with Gasteiger partial charge in [0.25, 0.3) is 0 Å². The number of piperidine rings is 1. The number of ether oxygens (including phenoxy) is 1. The van der Waals surface area contributed by atoms with Gasteiger partial charge in [0.1, 0.15) is 5.75 Å². The predicted molar refractivity (Wildman–Crippen MR) is 108 cm³/mol. The van der Waals surface area contributed by atoms with E-state index in [0.717, 1.165) is 43.8 Å². The van der Waals surface area contributed by atoms with Crippen LogP contribution in [0.15, 0.2) is 54.6 Å². The molecule has 0 bridgehead atoms. The zero-order valence-corrected chi connectivity index (χ0v) is 16.4. The summed E-state index contributed by atoms with van der Waals surface area (Å²) in [5, 5.41) is 3.10. The molecule has 0 radical (unpaired) electrons. The van der Waals surface area contributed by atoms with Crippen molar-refractivity contribution in [1.29, 1.82) is 0 Å². The smallest absolute Gasteiger partial charge is 0.223 e. The van der Waals surface area contributed by atoms with Gasteiger partial charge in [0.15, 0.2) is 0 Å². The number of likely N-dealkylation sites (tertiary alicyclic amines) is 1. The fourth-order valence-electron chi connectivity index (χ4n) is 3.53. The van der Waals surface area contributed by atoms with E-state index < -0.39 is 0 Å². The fraction of sp³-hybridized carbons (Fsp3) is 0.435.